The van der Waals surface area contributed by atoms with Crippen LogP contribution in [0.1, 0.15) is 12.8 Å². The molecule has 5 nitrogen and oxygen atoms in total. The van der Waals surface area contributed by atoms with Crippen molar-refractivity contribution >= 4 is 27.6 Å². The Kier molecular flexibility index (Phi) is 4.55. The predicted molar refractivity (Wildman–Crippen MR) is 71.7 cm³/mol. The van der Waals surface area contributed by atoms with E-state index in [0.717, 1.165) is 24.6 Å². The summed E-state index contributed by atoms with van der Waals surface area (Å²) in [4.78, 5) is 13.4. The van der Waals surface area contributed by atoms with Gasteiger partial charge in [0, 0.05) is 24.6 Å². The van der Waals surface area contributed by atoms with Crippen molar-refractivity contribution in [3.8, 4) is 0 Å². The van der Waals surface area contributed by atoms with Gasteiger partial charge in [-0.2, -0.15) is 11.8 Å². The highest BCUT2D eigenvalue weighted by Gasteiger charge is 2.38. The van der Waals surface area contributed by atoms with Crippen LogP contribution in [-0.4, -0.2) is 66.5 Å². The summed E-state index contributed by atoms with van der Waals surface area (Å²) in [5.74, 6) is 1.000. The Morgan fingerprint density at radius 3 is 2.56 bits per heavy atom. The fraction of sp³-hybridized carbons (Fsp3) is 0.909. The van der Waals surface area contributed by atoms with Crippen LogP contribution in [0.4, 0.5) is 0 Å². The summed E-state index contributed by atoms with van der Waals surface area (Å²) in [6, 6.07) is -0.624. The van der Waals surface area contributed by atoms with Crippen molar-refractivity contribution in [3.05, 3.63) is 0 Å². The fourth-order valence-corrected chi connectivity index (χ4v) is 5.52. The number of sulfone groups is 1. The topological polar surface area (TPSA) is 74.7 Å². The van der Waals surface area contributed by atoms with Crippen LogP contribution in [0.2, 0.25) is 0 Å². The van der Waals surface area contributed by atoms with Gasteiger partial charge in [0.05, 0.1) is 11.5 Å². The van der Waals surface area contributed by atoms with Crippen LogP contribution in [0.25, 0.3) is 0 Å². The number of thioether (sulfide) groups is 1. The molecule has 2 rings (SSSR count). The SMILES string of the molecule is O=C(O)C(C1CCCS(=O)(=O)C1)N1CCSCC1. The maximum absolute atomic E-state index is 11.7. The third-order valence-corrected chi connectivity index (χ3v) is 6.43. The van der Waals surface area contributed by atoms with E-state index in [1.165, 1.54) is 0 Å². The van der Waals surface area contributed by atoms with Crippen LogP contribution in [0.15, 0.2) is 0 Å². The van der Waals surface area contributed by atoms with Crippen LogP contribution in [0.5, 0.6) is 0 Å². The molecule has 1 N–H and O–H groups in total. The molecule has 2 saturated heterocycles. The normalized spacial score (nSPS) is 30.8. The molecule has 0 aliphatic carbocycles. The zero-order valence-electron chi connectivity index (χ0n) is 10.2. The summed E-state index contributed by atoms with van der Waals surface area (Å²) in [7, 11) is -3.04. The largest absolute Gasteiger partial charge is 0.480 e. The number of rotatable bonds is 3. The maximum Gasteiger partial charge on any atom is 0.321 e. The first kappa shape index (κ1) is 14.1. The highest BCUT2D eigenvalue weighted by atomic mass is 32.2. The van der Waals surface area contributed by atoms with Gasteiger partial charge in [-0.3, -0.25) is 9.69 Å². The molecule has 2 aliphatic heterocycles. The van der Waals surface area contributed by atoms with E-state index in [-0.39, 0.29) is 17.4 Å². The molecule has 0 radical (unpaired) electrons. The molecule has 2 fully saturated rings. The lowest BCUT2D eigenvalue weighted by Gasteiger charge is -2.37. The van der Waals surface area contributed by atoms with Crippen LogP contribution < -0.4 is 0 Å². The smallest absolute Gasteiger partial charge is 0.321 e. The Morgan fingerprint density at radius 1 is 1.33 bits per heavy atom. The molecule has 0 aromatic heterocycles. The van der Waals surface area contributed by atoms with Crippen molar-refractivity contribution in [2.24, 2.45) is 5.92 Å². The molecular weight excluding hydrogens is 274 g/mol. The summed E-state index contributed by atoms with van der Waals surface area (Å²) in [6.07, 6.45) is 1.30. The average molecular weight is 293 g/mol. The van der Waals surface area contributed by atoms with Gasteiger partial charge in [-0.05, 0) is 18.8 Å². The Balaban J connectivity index is 2.11. The molecule has 2 heterocycles. The van der Waals surface area contributed by atoms with Crippen LogP contribution in [0, 0.1) is 5.92 Å². The summed E-state index contributed by atoms with van der Waals surface area (Å²) in [5.41, 5.74) is 0. The van der Waals surface area contributed by atoms with E-state index in [1.54, 1.807) is 0 Å². The minimum atomic E-state index is -3.04. The summed E-state index contributed by atoms with van der Waals surface area (Å²) in [6.45, 7) is 1.50. The van der Waals surface area contributed by atoms with E-state index in [4.69, 9.17) is 0 Å². The lowest BCUT2D eigenvalue weighted by atomic mass is 9.95. The molecule has 0 amide bonds. The highest BCUT2D eigenvalue weighted by Crippen LogP contribution is 2.26. The van der Waals surface area contributed by atoms with Gasteiger partial charge in [-0.25, -0.2) is 8.42 Å². The van der Waals surface area contributed by atoms with E-state index in [9.17, 15) is 18.3 Å². The average Bonchev–Trinajstić information content (AvgIpc) is 2.28. The first-order chi connectivity index (χ1) is 8.49. The van der Waals surface area contributed by atoms with Crippen LogP contribution in [-0.2, 0) is 14.6 Å². The Bertz CT molecular complexity index is 403. The fourth-order valence-electron chi connectivity index (χ4n) is 2.82. The highest BCUT2D eigenvalue weighted by molar-refractivity contribution is 7.99. The number of hydrogen-bond donors (Lipinski definition) is 1. The standard InChI is InChI=1S/C11H19NO4S2/c13-11(14)10(12-3-5-17-6-4-12)9-2-1-7-18(15,16)8-9/h9-10H,1-8H2,(H,13,14). The lowest BCUT2D eigenvalue weighted by Crippen LogP contribution is -2.52. The molecule has 2 unspecified atom stereocenters. The third-order valence-electron chi connectivity index (χ3n) is 3.64. The van der Waals surface area contributed by atoms with Crippen molar-refractivity contribution in [3.63, 3.8) is 0 Å². The van der Waals surface area contributed by atoms with Crippen molar-refractivity contribution in [1.82, 2.24) is 4.90 Å². The van der Waals surface area contributed by atoms with Gasteiger partial charge in [0.25, 0.3) is 0 Å². The Hall–Kier alpha value is -0.270. The minimum Gasteiger partial charge on any atom is -0.480 e. The number of carboxylic acid groups (broad SMARTS) is 1. The molecule has 0 spiro atoms. The summed E-state index contributed by atoms with van der Waals surface area (Å²) >= 11 is 1.82. The van der Waals surface area contributed by atoms with E-state index in [2.05, 4.69) is 0 Å². The van der Waals surface area contributed by atoms with Gasteiger partial charge < -0.3 is 5.11 Å². The van der Waals surface area contributed by atoms with Gasteiger partial charge in [-0.1, -0.05) is 0 Å². The molecule has 0 aromatic carbocycles. The van der Waals surface area contributed by atoms with Gasteiger partial charge in [0.2, 0.25) is 0 Å². The zero-order valence-corrected chi connectivity index (χ0v) is 11.9. The van der Waals surface area contributed by atoms with Crippen molar-refractivity contribution in [2.75, 3.05) is 36.1 Å². The molecule has 0 saturated carbocycles. The first-order valence-corrected chi connectivity index (χ1v) is 9.22. The zero-order chi connectivity index (χ0) is 13.2. The van der Waals surface area contributed by atoms with Crippen LogP contribution >= 0.6 is 11.8 Å². The third kappa shape index (κ3) is 3.39. The molecular formula is C11H19NO4S2. The molecule has 7 heteroatoms. The quantitative estimate of drug-likeness (QED) is 0.807. The van der Waals surface area contributed by atoms with Gasteiger partial charge >= 0.3 is 5.97 Å². The Morgan fingerprint density at radius 2 is 2.00 bits per heavy atom. The van der Waals surface area contributed by atoms with E-state index in [0.29, 0.717) is 12.8 Å². The Labute approximate surface area is 112 Å². The number of carbonyl (C=O) groups is 1. The summed E-state index contributed by atoms with van der Waals surface area (Å²) in [5, 5.41) is 9.40. The monoisotopic (exact) mass is 293 g/mol. The van der Waals surface area contributed by atoms with Crippen molar-refractivity contribution in [1.29, 1.82) is 0 Å². The second-order valence-electron chi connectivity index (χ2n) is 4.95. The number of hydrogen-bond acceptors (Lipinski definition) is 5. The molecule has 2 aliphatic rings. The lowest BCUT2D eigenvalue weighted by molar-refractivity contribution is -0.145. The maximum atomic E-state index is 11.7. The molecule has 2 atom stereocenters. The van der Waals surface area contributed by atoms with Gasteiger partial charge in [0.1, 0.15) is 6.04 Å². The van der Waals surface area contributed by atoms with E-state index < -0.39 is 21.8 Å². The van der Waals surface area contributed by atoms with E-state index in [1.807, 2.05) is 16.7 Å². The first-order valence-electron chi connectivity index (χ1n) is 6.24. The van der Waals surface area contributed by atoms with Crippen molar-refractivity contribution < 1.29 is 18.3 Å². The number of carboxylic acids is 1. The van der Waals surface area contributed by atoms with Gasteiger partial charge in [-0.15, -0.1) is 0 Å². The molecule has 104 valence electrons. The molecule has 0 aromatic rings. The van der Waals surface area contributed by atoms with Gasteiger partial charge in [0.15, 0.2) is 9.84 Å². The second-order valence-corrected chi connectivity index (χ2v) is 8.40. The molecule has 0 bridgehead atoms. The number of nitrogens with zero attached hydrogens (tertiary/aromatic N) is 1. The second kappa shape index (κ2) is 5.79. The minimum absolute atomic E-state index is 0.0353. The predicted octanol–water partition coefficient (Wildman–Crippen LogP) is 0.313. The molecule has 18 heavy (non-hydrogen) atoms. The van der Waals surface area contributed by atoms with E-state index >= 15 is 0 Å². The summed E-state index contributed by atoms with van der Waals surface area (Å²) < 4.78 is 23.3. The van der Waals surface area contributed by atoms with Crippen LogP contribution in [0.3, 0.4) is 0 Å². The number of aliphatic carboxylic acids is 1. The van der Waals surface area contributed by atoms with Crippen molar-refractivity contribution in [2.45, 2.75) is 18.9 Å².